The lowest BCUT2D eigenvalue weighted by atomic mass is 10.2. The molecule has 0 spiro atoms. The summed E-state index contributed by atoms with van der Waals surface area (Å²) in [5.74, 6) is 6.51. The smallest absolute Gasteiger partial charge is 0.242 e. The van der Waals surface area contributed by atoms with E-state index in [0.29, 0.717) is 18.2 Å². The van der Waals surface area contributed by atoms with Gasteiger partial charge >= 0.3 is 0 Å². The molecule has 1 aliphatic rings. The van der Waals surface area contributed by atoms with E-state index in [2.05, 4.69) is 20.7 Å². The fraction of sp³-hybridized carbons (Fsp3) is 0.444. The third kappa shape index (κ3) is 1.89. The fourth-order valence-corrected chi connectivity index (χ4v) is 1.68. The molecule has 1 aromatic rings. The van der Waals surface area contributed by atoms with Gasteiger partial charge in [-0.25, -0.2) is 15.8 Å². The van der Waals surface area contributed by atoms with Crippen molar-refractivity contribution in [2.75, 3.05) is 23.4 Å². The molecule has 4 N–H and O–H groups in total. The van der Waals surface area contributed by atoms with Crippen molar-refractivity contribution >= 4 is 17.5 Å². The van der Waals surface area contributed by atoms with Gasteiger partial charge in [0.05, 0.1) is 0 Å². The van der Waals surface area contributed by atoms with Crippen LogP contribution < -0.4 is 21.5 Å². The number of nitrogens with zero attached hydrogens (tertiary/aromatic N) is 3. The van der Waals surface area contributed by atoms with Crippen LogP contribution >= 0.6 is 0 Å². The van der Waals surface area contributed by atoms with E-state index in [1.165, 1.54) is 6.33 Å². The maximum Gasteiger partial charge on any atom is 0.242 e. The summed E-state index contributed by atoms with van der Waals surface area (Å²) in [5.41, 5.74) is 2.45. The summed E-state index contributed by atoms with van der Waals surface area (Å²) in [6.45, 7) is 3.19. The lowest BCUT2D eigenvalue weighted by Gasteiger charge is -2.33. The minimum absolute atomic E-state index is 0.00659. The Bertz CT molecular complexity index is 395. The summed E-state index contributed by atoms with van der Waals surface area (Å²) in [5, 5.41) is 2.80. The zero-order valence-electron chi connectivity index (χ0n) is 8.97. The maximum absolute atomic E-state index is 11.5. The first-order chi connectivity index (χ1) is 7.72. The first kappa shape index (κ1) is 10.6. The highest BCUT2D eigenvalue weighted by atomic mass is 16.2. The van der Waals surface area contributed by atoms with Crippen LogP contribution in [-0.4, -0.2) is 35.0 Å². The lowest BCUT2D eigenvalue weighted by molar-refractivity contribution is -0.122. The van der Waals surface area contributed by atoms with Crippen LogP contribution in [-0.2, 0) is 4.79 Å². The number of nitrogens with two attached hydrogens (primary N) is 1. The number of nitrogen functional groups attached to an aromatic ring is 1. The molecule has 1 aromatic heterocycles. The zero-order chi connectivity index (χ0) is 11.5. The van der Waals surface area contributed by atoms with Gasteiger partial charge in [-0.3, -0.25) is 4.79 Å². The van der Waals surface area contributed by atoms with Crippen LogP contribution in [0.1, 0.15) is 6.92 Å². The molecule has 16 heavy (non-hydrogen) atoms. The quantitative estimate of drug-likeness (QED) is 0.442. The normalized spacial score (nSPS) is 20.5. The van der Waals surface area contributed by atoms with Gasteiger partial charge in [-0.2, -0.15) is 0 Å². The van der Waals surface area contributed by atoms with E-state index >= 15 is 0 Å². The van der Waals surface area contributed by atoms with Gasteiger partial charge in [-0.05, 0) is 6.92 Å². The molecule has 0 saturated carbocycles. The Hall–Kier alpha value is -1.89. The van der Waals surface area contributed by atoms with E-state index in [1.807, 2.05) is 11.8 Å². The molecule has 7 heteroatoms. The summed E-state index contributed by atoms with van der Waals surface area (Å²) in [6.07, 6.45) is 1.42. The van der Waals surface area contributed by atoms with Crippen LogP contribution in [0.25, 0.3) is 0 Å². The Labute approximate surface area is 93.0 Å². The Morgan fingerprint density at radius 1 is 1.62 bits per heavy atom. The van der Waals surface area contributed by atoms with E-state index < -0.39 is 0 Å². The van der Waals surface area contributed by atoms with E-state index in [9.17, 15) is 4.79 Å². The number of amides is 1. The highest BCUT2D eigenvalue weighted by Crippen LogP contribution is 2.17. The van der Waals surface area contributed by atoms with Crippen molar-refractivity contribution in [2.45, 2.75) is 13.0 Å². The second kappa shape index (κ2) is 4.31. The Balaban J connectivity index is 2.25. The Morgan fingerprint density at radius 2 is 2.44 bits per heavy atom. The zero-order valence-corrected chi connectivity index (χ0v) is 8.97. The van der Waals surface area contributed by atoms with Crippen LogP contribution in [0.5, 0.6) is 0 Å². The molecule has 1 saturated heterocycles. The summed E-state index contributed by atoms with van der Waals surface area (Å²) in [4.78, 5) is 21.5. The molecular formula is C9H14N6O. The fourth-order valence-electron chi connectivity index (χ4n) is 1.68. The monoisotopic (exact) mass is 222 g/mol. The van der Waals surface area contributed by atoms with Crippen molar-refractivity contribution < 1.29 is 4.79 Å². The number of hydrogen-bond acceptors (Lipinski definition) is 6. The predicted octanol–water partition coefficient (Wildman–Crippen LogP) is -0.913. The third-order valence-corrected chi connectivity index (χ3v) is 2.59. The minimum Gasteiger partial charge on any atom is -0.353 e. The highest BCUT2D eigenvalue weighted by molar-refractivity contribution is 5.85. The summed E-state index contributed by atoms with van der Waals surface area (Å²) >= 11 is 0. The van der Waals surface area contributed by atoms with Gasteiger partial charge in [0, 0.05) is 19.2 Å². The maximum atomic E-state index is 11.5. The van der Waals surface area contributed by atoms with Gasteiger partial charge in [-0.1, -0.05) is 0 Å². The Kier molecular flexibility index (Phi) is 2.86. The number of hydrogen-bond donors (Lipinski definition) is 3. The average Bonchev–Trinajstić information content (AvgIpc) is 2.33. The first-order valence-corrected chi connectivity index (χ1v) is 5.05. The SMILES string of the molecule is CC1C(=O)NCCN1c1cc(NN)ncn1. The van der Waals surface area contributed by atoms with Crippen molar-refractivity contribution in [2.24, 2.45) is 5.84 Å². The molecule has 0 aromatic carbocycles. The molecule has 1 atom stereocenters. The van der Waals surface area contributed by atoms with Crippen molar-refractivity contribution in [1.82, 2.24) is 15.3 Å². The number of anilines is 2. The van der Waals surface area contributed by atoms with Gasteiger partial charge in [0.1, 0.15) is 24.0 Å². The van der Waals surface area contributed by atoms with Crippen LogP contribution in [0.3, 0.4) is 0 Å². The van der Waals surface area contributed by atoms with Crippen molar-refractivity contribution in [3.63, 3.8) is 0 Å². The Morgan fingerprint density at radius 3 is 3.19 bits per heavy atom. The molecular weight excluding hydrogens is 208 g/mol. The van der Waals surface area contributed by atoms with E-state index in [4.69, 9.17) is 5.84 Å². The van der Waals surface area contributed by atoms with Gasteiger partial charge in [-0.15, -0.1) is 0 Å². The van der Waals surface area contributed by atoms with Crippen LogP contribution in [0.15, 0.2) is 12.4 Å². The second-order valence-electron chi connectivity index (χ2n) is 3.57. The third-order valence-electron chi connectivity index (χ3n) is 2.59. The number of carbonyl (C=O) groups is 1. The van der Waals surface area contributed by atoms with Crippen LogP contribution in [0.2, 0.25) is 0 Å². The molecule has 86 valence electrons. The molecule has 0 bridgehead atoms. The van der Waals surface area contributed by atoms with Crippen molar-refractivity contribution in [1.29, 1.82) is 0 Å². The minimum atomic E-state index is -0.228. The van der Waals surface area contributed by atoms with Gasteiger partial charge in [0.15, 0.2) is 0 Å². The second-order valence-corrected chi connectivity index (χ2v) is 3.57. The number of nitrogens with one attached hydrogen (secondary N) is 2. The number of carbonyl (C=O) groups excluding carboxylic acids is 1. The van der Waals surface area contributed by atoms with Crippen molar-refractivity contribution in [3.05, 3.63) is 12.4 Å². The number of aromatic nitrogens is 2. The number of hydrazine groups is 1. The molecule has 1 aliphatic heterocycles. The number of rotatable bonds is 2. The highest BCUT2D eigenvalue weighted by Gasteiger charge is 2.26. The molecule has 7 nitrogen and oxygen atoms in total. The van der Waals surface area contributed by atoms with Gasteiger partial charge in [0.2, 0.25) is 5.91 Å². The molecule has 2 heterocycles. The van der Waals surface area contributed by atoms with Crippen molar-refractivity contribution in [3.8, 4) is 0 Å². The topological polar surface area (TPSA) is 96.2 Å². The largest absolute Gasteiger partial charge is 0.353 e. The summed E-state index contributed by atoms with van der Waals surface area (Å²) in [6, 6.07) is 1.49. The van der Waals surface area contributed by atoms with E-state index in [0.717, 1.165) is 6.54 Å². The number of piperazine rings is 1. The molecule has 1 amide bonds. The first-order valence-electron chi connectivity index (χ1n) is 5.05. The standard InChI is InChI=1S/C9H14N6O/c1-6-9(16)11-2-3-15(6)8-4-7(14-10)12-5-13-8/h4-6H,2-3,10H2,1H3,(H,11,16)(H,12,13,14). The van der Waals surface area contributed by atoms with E-state index in [-0.39, 0.29) is 11.9 Å². The van der Waals surface area contributed by atoms with Crippen LogP contribution in [0.4, 0.5) is 11.6 Å². The van der Waals surface area contributed by atoms with Crippen LogP contribution in [0, 0.1) is 0 Å². The molecule has 2 rings (SSSR count). The molecule has 1 fully saturated rings. The summed E-state index contributed by atoms with van der Waals surface area (Å²) in [7, 11) is 0. The molecule has 0 aliphatic carbocycles. The van der Waals surface area contributed by atoms with Gasteiger partial charge in [0.25, 0.3) is 0 Å². The lowest BCUT2D eigenvalue weighted by Crippen LogP contribution is -2.54. The average molecular weight is 222 g/mol. The molecule has 0 radical (unpaired) electrons. The predicted molar refractivity (Wildman–Crippen MR) is 59.7 cm³/mol. The van der Waals surface area contributed by atoms with E-state index in [1.54, 1.807) is 6.07 Å². The summed E-state index contributed by atoms with van der Waals surface area (Å²) < 4.78 is 0. The van der Waals surface area contributed by atoms with Gasteiger partial charge < -0.3 is 15.6 Å². The molecule has 1 unspecified atom stereocenters.